The van der Waals surface area contributed by atoms with Crippen molar-refractivity contribution in [1.82, 2.24) is 15.1 Å². The Hall–Kier alpha value is -3.39. The van der Waals surface area contributed by atoms with Gasteiger partial charge < -0.3 is 4.90 Å². The topological polar surface area (TPSA) is 72.8 Å². The van der Waals surface area contributed by atoms with Crippen LogP contribution >= 0.6 is 0 Å². The molecule has 1 aliphatic heterocycles. The second-order valence-corrected chi connectivity index (χ2v) is 10.1. The predicted molar refractivity (Wildman–Crippen MR) is 136 cm³/mol. The summed E-state index contributed by atoms with van der Waals surface area (Å²) >= 11 is 0. The van der Waals surface area contributed by atoms with E-state index in [-0.39, 0.29) is 5.91 Å². The van der Waals surface area contributed by atoms with Gasteiger partial charge >= 0.3 is 0 Å². The summed E-state index contributed by atoms with van der Waals surface area (Å²) in [6.45, 7) is 12.2. The lowest BCUT2D eigenvalue weighted by Gasteiger charge is -2.40. The van der Waals surface area contributed by atoms with Crippen LogP contribution in [0.25, 0.3) is 11.3 Å². The summed E-state index contributed by atoms with van der Waals surface area (Å²) in [5.74, 6) is 1.10. The molecule has 4 rings (SSSR count). The van der Waals surface area contributed by atoms with Crippen molar-refractivity contribution in [2.75, 3.05) is 13.1 Å². The van der Waals surface area contributed by atoms with Crippen molar-refractivity contribution in [2.45, 2.75) is 59.8 Å². The first-order chi connectivity index (χ1) is 16.3. The largest absolute Gasteiger partial charge is 0.337 e. The highest BCUT2D eigenvalue weighted by Gasteiger charge is 2.33. The Balaban J connectivity index is 1.50. The number of aryl methyl sites for hydroxylation is 3. The number of carbonyl (C=O) groups excluding carboxylic acids is 1. The van der Waals surface area contributed by atoms with E-state index in [0.717, 1.165) is 46.5 Å². The molecule has 1 amide bonds. The minimum Gasteiger partial charge on any atom is -0.337 e. The molecular weight excluding hydrogens is 420 g/mol. The number of H-pyrrole nitrogens is 1. The van der Waals surface area contributed by atoms with E-state index in [1.165, 1.54) is 17.5 Å². The Morgan fingerprint density at radius 3 is 2.50 bits per heavy atom. The number of hydrogen-bond acceptors (Lipinski definition) is 3. The van der Waals surface area contributed by atoms with Gasteiger partial charge in [-0.25, -0.2) is 0 Å². The molecule has 1 aromatic heterocycles. The number of likely N-dealkylation sites (tertiary alicyclic amines) is 1. The lowest BCUT2D eigenvalue weighted by Crippen LogP contribution is -2.48. The first kappa shape index (κ1) is 23.8. The molecule has 0 spiro atoms. The molecular formula is C29H34N4O. The highest BCUT2D eigenvalue weighted by atomic mass is 16.2. The zero-order valence-electron chi connectivity index (χ0n) is 20.9. The van der Waals surface area contributed by atoms with E-state index in [9.17, 15) is 4.79 Å². The summed E-state index contributed by atoms with van der Waals surface area (Å²) in [4.78, 5) is 15.3. The SMILES string of the molecule is Cc1cc(C)c(-c2[nH]nc(CCCC(C)C)c2C)cc1C(=O)N1CC(c2ccc(C#N)cc2)C1. The van der Waals surface area contributed by atoms with Crippen molar-refractivity contribution < 1.29 is 4.79 Å². The molecule has 2 heterocycles. The van der Waals surface area contributed by atoms with Gasteiger partial charge in [-0.2, -0.15) is 10.4 Å². The monoisotopic (exact) mass is 454 g/mol. The Morgan fingerprint density at radius 1 is 1.15 bits per heavy atom. The zero-order valence-corrected chi connectivity index (χ0v) is 20.9. The molecule has 176 valence electrons. The Morgan fingerprint density at radius 2 is 1.85 bits per heavy atom. The van der Waals surface area contributed by atoms with Gasteiger partial charge in [0.2, 0.25) is 0 Å². The van der Waals surface area contributed by atoms with Crippen molar-refractivity contribution in [3.05, 3.63) is 75.5 Å². The Labute approximate surface area is 202 Å². The van der Waals surface area contributed by atoms with E-state index in [2.05, 4.69) is 50.0 Å². The van der Waals surface area contributed by atoms with Crippen LogP contribution in [0.4, 0.5) is 0 Å². The Bertz CT molecular complexity index is 1220. The quantitative estimate of drug-likeness (QED) is 0.469. The van der Waals surface area contributed by atoms with Gasteiger partial charge in [0.15, 0.2) is 0 Å². The first-order valence-electron chi connectivity index (χ1n) is 12.2. The number of rotatable bonds is 7. The molecule has 5 heteroatoms. The highest BCUT2D eigenvalue weighted by molar-refractivity contribution is 5.98. The molecule has 2 aromatic carbocycles. The molecule has 0 atom stereocenters. The number of hydrogen-bond donors (Lipinski definition) is 1. The number of nitriles is 1. The van der Waals surface area contributed by atoms with Gasteiger partial charge in [-0.3, -0.25) is 9.89 Å². The number of aromatic nitrogens is 2. The van der Waals surface area contributed by atoms with Crippen LogP contribution in [0.3, 0.4) is 0 Å². The van der Waals surface area contributed by atoms with Crippen molar-refractivity contribution in [1.29, 1.82) is 5.26 Å². The molecule has 0 saturated carbocycles. The summed E-state index contributed by atoms with van der Waals surface area (Å²) in [5, 5.41) is 16.9. The maximum atomic E-state index is 13.4. The maximum Gasteiger partial charge on any atom is 0.254 e. The average Bonchev–Trinajstić information content (AvgIpc) is 3.13. The van der Waals surface area contributed by atoms with Crippen molar-refractivity contribution >= 4 is 5.91 Å². The van der Waals surface area contributed by atoms with Gasteiger partial charge in [-0.05, 0) is 80.0 Å². The minimum atomic E-state index is 0.0815. The minimum absolute atomic E-state index is 0.0815. The summed E-state index contributed by atoms with van der Waals surface area (Å²) in [7, 11) is 0. The van der Waals surface area contributed by atoms with Gasteiger partial charge in [0, 0.05) is 30.1 Å². The summed E-state index contributed by atoms with van der Waals surface area (Å²) < 4.78 is 0. The number of benzene rings is 2. The standard InChI is InChI=1S/C29H34N4O/c1-18(2)7-6-8-27-21(5)28(32-31-27)25-14-26(20(4)13-19(25)3)29(34)33-16-24(17-33)23-11-9-22(15-30)10-12-23/h9-14,18,24H,6-8,16-17H2,1-5H3,(H,31,32). The van der Waals surface area contributed by atoms with Crippen LogP contribution in [-0.2, 0) is 6.42 Å². The third-order valence-electron chi connectivity index (χ3n) is 7.06. The van der Waals surface area contributed by atoms with E-state index in [0.29, 0.717) is 30.5 Å². The molecule has 34 heavy (non-hydrogen) atoms. The molecule has 5 nitrogen and oxygen atoms in total. The van der Waals surface area contributed by atoms with E-state index in [4.69, 9.17) is 5.26 Å². The molecule has 0 unspecified atom stereocenters. The van der Waals surface area contributed by atoms with E-state index in [1.54, 1.807) is 0 Å². The fourth-order valence-electron chi connectivity index (χ4n) is 4.83. The van der Waals surface area contributed by atoms with Crippen molar-refractivity contribution in [2.24, 2.45) is 5.92 Å². The molecule has 0 aliphatic carbocycles. The van der Waals surface area contributed by atoms with Gasteiger partial charge in [0.1, 0.15) is 0 Å². The number of amides is 1. The molecule has 1 fully saturated rings. The average molecular weight is 455 g/mol. The zero-order chi connectivity index (χ0) is 24.4. The van der Waals surface area contributed by atoms with Gasteiger partial charge in [-0.1, -0.05) is 38.5 Å². The van der Waals surface area contributed by atoms with Crippen LogP contribution in [0.1, 0.15) is 76.5 Å². The maximum absolute atomic E-state index is 13.4. The summed E-state index contributed by atoms with van der Waals surface area (Å²) in [5.41, 5.74) is 9.13. The lowest BCUT2D eigenvalue weighted by atomic mass is 9.89. The number of nitrogens with one attached hydrogen (secondary N) is 1. The van der Waals surface area contributed by atoms with Crippen molar-refractivity contribution in [3.63, 3.8) is 0 Å². The predicted octanol–water partition coefficient (Wildman–Crippen LogP) is 6.09. The molecule has 0 bridgehead atoms. The normalized spacial score (nSPS) is 13.7. The van der Waals surface area contributed by atoms with Gasteiger partial charge in [0.05, 0.1) is 23.0 Å². The Kier molecular flexibility index (Phi) is 6.88. The fraction of sp³-hybridized carbons (Fsp3) is 0.414. The lowest BCUT2D eigenvalue weighted by molar-refractivity contribution is 0.0601. The molecule has 1 aliphatic rings. The number of aromatic amines is 1. The smallest absolute Gasteiger partial charge is 0.254 e. The molecule has 0 radical (unpaired) electrons. The summed E-state index contributed by atoms with van der Waals surface area (Å²) in [6.07, 6.45) is 3.31. The third kappa shape index (κ3) is 4.77. The molecule has 3 aromatic rings. The first-order valence-corrected chi connectivity index (χ1v) is 12.2. The van der Waals surface area contributed by atoms with Crippen LogP contribution < -0.4 is 0 Å². The van der Waals surface area contributed by atoms with Crippen LogP contribution in [0.15, 0.2) is 36.4 Å². The van der Waals surface area contributed by atoms with Crippen LogP contribution in [0.5, 0.6) is 0 Å². The summed E-state index contributed by atoms with van der Waals surface area (Å²) in [6, 6.07) is 14.0. The third-order valence-corrected chi connectivity index (χ3v) is 7.06. The second-order valence-electron chi connectivity index (χ2n) is 10.1. The van der Waals surface area contributed by atoms with Crippen molar-refractivity contribution in [3.8, 4) is 17.3 Å². The van der Waals surface area contributed by atoms with Gasteiger partial charge in [-0.15, -0.1) is 0 Å². The van der Waals surface area contributed by atoms with E-state index < -0.39 is 0 Å². The van der Waals surface area contributed by atoms with Crippen LogP contribution in [0, 0.1) is 38.0 Å². The van der Waals surface area contributed by atoms with E-state index >= 15 is 0 Å². The fourth-order valence-corrected chi connectivity index (χ4v) is 4.83. The van der Waals surface area contributed by atoms with Gasteiger partial charge in [0.25, 0.3) is 5.91 Å². The number of nitrogens with zero attached hydrogens (tertiary/aromatic N) is 3. The van der Waals surface area contributed by atoms with Crippen LogP contribution in [0.2, 0.25) is 0 Å². The molecule has 1 saturated heterocycles. The van der Waals surface area contributed by atoms with E-state index in [1.807, 2.05) is 42.2 Å². The second kappa shape index (κ2) is 9.85. The highest BCUT2D eigenvalue weighted by Crippen LogP contribution is 2.33. The number of carbonyl (C=O) groups is 1. The molecule has 1 N–H and O–H groups in total. The van der Waals surface area contributed by atoms with Crippen LogP contribution in [-0.4, -0.2) is 34.1 Å².